The van der Waals surface area contributed by atoms with Gasteiger partial charge in [-0.2, -0.15) is 0 Å². The molecule has 4 rings (SSSR count). The summed E-state index contributed by atoms with van der Waals surface area (Å²) in [7, 11) is 0. The van der Waals surface area contributed by atoms with Gasteiger partial charge in [-0.05, 0) is 71.2 Å². The third-order valence-corrected chi connectivity index (χ3v) is 7.82. The van der Waals surface area contributed by atoms with E-state index < -0.39 is 0 Å². The summed E-state index contributed by atoms with van der Waals surface area (Å²) in [5.74, 6) is 0. The summed E-state index contributed by atoms with van der Waals surface area (Å²) >= 11 is 0. The van der Waals surface area contributed by atoms with Crippen LogP contribution < -0.4 is 4.90 Å². The first-order chi connectivity index (χ1) is 14.7. The van der Waals surface area contributed by atoms with E-state index in [2.05, 4.69) is 63.8 Å². The van der Waals surface area contributed by atoms with Gasteiger partial charge in [0.2, 0.25) is 0 Å². The molecule has 5 nitrogen and oxygen atoms in total. The van der Waals surface area contributed by atoms with E-state index in [4.69, 9.17) is 0 Å². The Labute approximate surface area is 183 Å². The van der Waals surface area contributed by atoms with E-state index in [0.29, 0.717) is 30.8 Å². The highest BCUT2D eigenvalue weighted by Crippen LogP contribution is 2.28. The molecule has 3 aliphatic heterocycles. The van der Waals surface area contributed by atoms with E-state index in [-0.39, 0.29) is 0 Å². The molecule has 3 saturated heterocycles. The van der Waals surface area contributed by atoms with Crippen molar-refractivity contribution in [2.75, 3.05) is 57.3 Å². The molecule has 0 spiro atoms. The van der Waals surface area contributed by atoms with Crippen molar-refractivity contribution in [3.63, 3.8) is 0 Å². The highest BCUT2D eigenvalue weighted by molar-refractivity contribution is 5.46. The minimum Gasteiger partial charge on any atom is -0.396 e. The maximum Gasteiger partial charge on any atom is 0.0446 e. The fraction of sp³-hybridized carbons (Fsp3) is 0.760. The van der Waals surface area contributed by atoms with Crippen LogP contribution in [0.15, 0.2) is 30.3 Å². The van der Waals surface area contributed by atoms with Crippen molar-refractivity contribution in [3.05, 3.63) is 30.3 Å². The van der Waals surface area contributed by atoms with Gasteiger partial charge in [-0.3, -0.25) is 9.80 Å². The molecule has 168 valence electrons. The molecule has 3 heterocycles. The van der Waals surface area contributed by atoms with Gasteiger partial charge in [-0.15, -0.1) is 0 Å². The quantitative estimate of drug-likeness (QED) is 0.774. The van der Waals surface area contributed by atoms with Gasteiger partial charge in [-0.1, -0.05) is 18.2 Å². The number of piperidine rings is 2. The molecule has 0 aliphatic carbocycles. The molecule has 1 N–H and O–H groups in total. The Morgan fingerprint density at radius 3 is 2.17 bits per heavy atom. The lowest BCUT2D eigenvalue weighted by Crippen LogP contribution is -2.61. The third kappa shape index (κ3) is 5.18. The molecule has 0 aromatic heterocycles. The number of hydrogen-bond acceptors (Lipinski definition) is 5. The van der Waals surface area contributed by atoms with E-state index in [1.54, 1.807) is 0 Å². The van der Waals surface area contributed by atoms with Crippen LogP contribution in [0.1, 0.15) is 46.0 Å². The zero-order chi connectivity index (χ0) is 20.9. The smallest absolute Gasteiger partial charge is 0.0446 e. The van der Waals surface area contributed by atoms with Gasteiger partial charge >= 0.3 is 0 Å². The van der Waals surface area contributed by atoms with Gasteiger partial charge in [0.15, 0.2) is 0 Å². The van der Waals surface area contributed by atoms with E-state index in [1.807, 2.05) is 0 Å². The van der Waals surface area contributed by atoms with Gasteiger partial charge < -0.3 is 14.9 Å². The summed E-state index contributed by atoms with van der Waals surface area (Å²) in [6.07, 6.45) is 6.01. The van der Waals surface area contributed by atoms with Crippen molar-refractivity contribution in [3.8, 4) is 0 Å². The molecule has 0 saturated carbocycles. The van der Waals surface area contributed by atoms with Crippen LogP contribution in [-0.2, 0) is 0 Å². The monoisotopic (exact) mass is 414 g/mol. The van der Waals surface area contributed by atoms with Crippen molar-refractivity contribution in [1.82, 2.24) is 14.7 Å². The first-order valence-corrected chi connectivity index (χ1v) is 12.3. The summed E-state index contributed by atoms with van der Waals surface area (Å²) in [6, 6.07) is 13.5. The van der Waals surface area contributed by atoms with Crippen LogP contribution in [0.5, 0.6) is 0 Å². The van der Waals surface area contributed by atoms with Crippen molar-refractivity contribution in [1.29, 1.82) is 0 Å². The summed E-state index contributed by atoms with van der Waals surface area (Å²) in [5.41, 5.74) is 1.37. The van der Waals surface area contributed by atoms with Gasteiger partial charge in [0.25, 0.3) is 0 Å². The fourth-order valence-corrected chi connectivity index (χ4v) is 5.97. The minimum atomic E-state index is 0.312. The molecule has 0 radical (unpaired) electrons. The average Bonchev–Trinajstić information content (AvgIpc) is 2.80. The highest BCUT2D eigenvalue weighted by Gasteiger charge is 2.36. The van der Waals surface area contributed by atoms with E-state index in [9.17, 15) is 5.11 Å². The van der Waals surface area contributed by atoms with Crippen molar-refractivity contribution in [2.45, 2.75) is 70.1 Å². The summed E-state index contributed by atoms with van der Waals surface area (Å²) in [5, 5.41) is 9.75. The van der Waals surface area contributed by atoms with Crippen LogP contribution in [0, 0.1) is 0 Å². The van der Waals surface area contributed by atoms with Crippen LogP contribution in [0.2, 0.25) is 0 Å². The number of benzene rings is 1. The van der Waals surface area contributed by atoms with Gasteiger partial charge in [0.05, 0.1) is 0 Å². The lowest BCUT2D eigenvalue weighted by Gasteiger charge is -2.50. The van der Waals surface area contributed by atoms with E-state index in [0.717, 1.165) is 26.1 Å². The SMILES string of the molecule is CC(C)N1CCC(N2CCN(C3CCN(c4ccccc4)CC3)CC2CCO)CC1. The Hall–Kier alpha value is -1.14. The molecule has 1 unspecified atom stereocenters. The number of nitrogens with zero attached hydrogens (tertiary/aromatic N) is 4. The average molecular weight is 415 g/mol. The van der Waals surface area contributed by atoms with Crippen LogP contribution in [0.3, 0.4) is 0 Å². The van der Waals surface area contributed by atoms with Gasteiger partial charge in [0, 0.05) is 69.2 Å². The molecule has 1 aromatic carbocycles. The first kappa shape index (κ1) is 22.1. The standard InChI is InChI=1S/C25H42N4O/c1-21(2)26-13-10-24(11-14-26)29-18-17-28(20-25(29)12-19-30)23-8-15-27(16-9-23)22-6-4-3-5-7-22/h3-7,21,23-25,30H,8-20H2,1-2H3. The Morgan fingerprint density at radius 2 is 1.53 bits per heavy atom. The number of aliphatic hydroxyl groups is 1. The van der Waals surface area contributed by atoms with Crippen molar-refractivity contribution >= 4 is 5.69 Å². The van der Waals surface area contributed by atoms with Crippen LogP contribution >= 0.6 is 0 Å². The maximum absolute atomic E-state index is 9.75. The van der Waals surface area contributed by atoms with E-state index in [1.165, 1.54) is 57.5 Å². The lowest BCUT2D eigenvalue weighted by atomic mass is 9.95. The number of piperazine rings is 1. The Morgan fingerprint density at radius 1 is 0.867 bits per heavy atom. The second-order valence-corrected chi connectivity index (χ2v) is 9.81. The van der Waals surface area contributed by atoms with E-state index >= 15 is 0 Å². The van der Waals surface area contributed by atoms with Crippen molar-refractivity contribution in [2.24, 2.45) is 0 Å². The van der Waals surface area contributed by atoms with Crippen LogP contribution in [0.25, 0.3) is 0 Å². The van der Waals surface area contributed by atoms with Crippen molar-refractivity contribution < 1.29 is 5.11 Å². The number of hydrogen-bond donors (Lipinski definition) is 1. The molecule has 1 aromatic rings. The van der Waals surface area contributed by atoms with Crippen LogP contribution in [-0.4, -0.2) is 96.4 Å². The predicted molar refractivity (Wildman–Crippen MR) is 125 cm³/mol. The number of para-hydroxylation sites is 1. The Kier molecular flexibility index (Phi) is 7.69. The lowest BCUT2D eigenvalue weighted by molar-refractivity contribution is -0.0139. The number of rotatable bonds is 6. The highest BCUT2D eigenvalue weighted by atomic mass is 16.3. The minimum absolute atomic E-state index is 0.312. The molecule has 0 amide bonds. The molecular weight excluding hydrogens is 372 g/mol. The number of aliphatic hydroxyl groups excluding tert-OH is 1. The van der Waals surface area contributed by atoms with Crippen LogP contribution in [0.4, 0.5) is 5.69 Å². The zero-order valence-electron chi connectivity index (χ0n) is 19.1. The zero-order valence-corrected chi connectivity index (χ0v) is 19.1. The third-order valence-electron chi connectivity index (χ3n) is 7.82. The van der Waals surface area contributed by atoms with Gasteiger partial charge in [0.1, 0.15) is 0 Å². The summed E-state index contributed by atoms with van der Waals surface area (Å²) in [6.45, 7) is 13.2. The maximum atomic E-state index is 9.75. The largest absolute Gasteiger partial charge is 0.396 e. The summed E-state index contributed by atoms with van der Waals surface area (Å²) in [4.78, 5) is 10.7. The molecule has 30 heavy (non-hydrogen) atoms. The first-order valence-electron chi connectivity index (χ1n) is 12.3. The molecule has 3 aliphatic rings. The summed E-state index contributed by atoms with van der Waals surface area (Å²) < 4.78 is 0. The second kappa shape index (κ2) is 10.4. The molecule has 5 heteroatoms. The normalized spacial score (nSPS) is 26.5. The second-order valence-electron chi connectivity index (χ2n) is 9.81. The van der Waals surface area contributed by atoms with Gasteiger partial charge in [-0.25, -0.2) is 0 Å². The molecule has 1 atom stereocenters. The predicted octanol–water partition coefficient (Wildman–Crippen LogP) is 2.90. The molecular formula is C25H42N4O. The Balaban J connectivity index is 1.30. The number of likely N-dealkylation sites (tertiary alicyclic amines) is 1. The molecule has 0 bridgehead atoms. The fourth-order valence-electron chi connectivity index (χ4n) is 5.97. The Bertz CT molecular complexity index is 623. The topological polar surface area (TPSA) is 33.2 Å². The molecule has 3 fully saturated rings. The number of anilines is 1.